The number of nitrogens with one attached hydrogen (secondary N) is 2. The number of aromatic amines is 1. The van der Waals surface area contributed by atoms with Crippen molar-refractivity contribution in [1.29, 1.82) is 0 Å². The molecule has 106 valence electrons. The van der Waals surface area contributed by atoms with Crippen LogP contribution in [0.15, 0.2) is 16.9 Å². The van der Waals surface area contributed by atoms with Gasteiger partial charge in [0.25, 0.3) is 0 Å². The number of H-pyrrole nitrogens is 1. The van der Waals surface area contributed by atoms with Gasteiger partial charge < -0.3 is 15.0 Å². The highest BCUT2D eigenvalue weighted by molar-refractivity contribution is 7.18. The van der Waals surface area contributed by atoms with Crippen molar-refractivity contribution in [2.45, 2.75) is 13.5 Å². The number of esters is 1. The zero-order chi connectivity index (χ0) is 14.7. The Morgan fingerprint density at radius 2 is 2.30 bits per heavy atom. The van der Waals surface area contributed by atoms with Gasteiger partial charge in [0.1, 0.15) is 0 Å². The van der Waals surface area contributed by atoms with E-state index in [4.69, 9.17) is 11.6 Å². The van der Waals surface area contributed by atoms with E-state index >= 15 is 0 Å². The smallest absolute Gasteiger partial charge is 0.351 e. The normalized spacial score (nSPS) is 10.3. The van der Waals surface area contributed by atoms with E-state index < -0.39 is 5.97 Å². The van der Waals surface area contributed by atoms with Crippen LogP contribution in [0.3, 0.4) is 0 Å². The van der Waals surface area contributed by atoms with Gasteiger partial charge in [0, 0.05) is 18.3 Å². The SMILES string of the molecule is COC(=O)c1sc(NCc2cc(C)[nH]c(=O)c2)nc1Cl. The van der Waals surface area contributed by atoms with Crippen molar-refractivity contribution in [2.75, 3.05) is 12.4 Å². The van der Waals surface area contributed by atoms with Crippen molar-refractivity contribution < 1.29 is 9.53 Å². The number of anilines is 1. The van der Waals surface area contributed by atoms with Gasteiger partial charge in [0.15, 0.2) is 15.2 Å². The Morgan fingerprint density at radius 1 is 1.55 bits per heavy atom. The Morgan fingerprint density at radius 3 is 2.95 bits per heavy atom. The van der Waals surface area contributed by atoms with Crippen molar-refractivity contribution in [1.82, 2.24) is 9.97 Å². The summed E-state index contributed by atoms with van der Waals surface area (Å²) in [6.45, 7) is 2.22. The number of rotatable bonds is 4. The van der Waals surface area contributed by atoms with Crippen molar-refractivity contribution >= 4 is 34.0 Å². The maximum Gasteiger partial charge on any atom is 0.351 e. The van der Waals surface area contributed by atoms with Crippen molar-refractivity contribution in [3.05, 3.63) is 43.8 Å². The lowest BCUT2D eigenvalue weighted by Crippen LogP contribution is -2.09. The molecule has 2 rings (SSSR count). The second kappa shape index (κ2) is 6.06. The Kier molecular flexibility index (Phi) is 4.41. The van der Waals surface area contributed by atoms with Crippen LogP contribution in [-0.4, -0.2) is 23.0 Å². The molecule has 0 aromatic carbocycles. The predicted octanol–water partition coefficient (Wildman–Crippen LogP) is 2.19. The van der Waals surface area contributed by atoms with Gasteiger partial charge in [-0.05, 0) is 18.6 Å². The monoisotopic (exact) mass is 313 g/mol. The predicted molar refractivity (Wildman–Crippen MR) is 77.6 cm³/mol. The second-order valence-electron chi connectivity index (χ2n) is 4.02. The highest BCUT2D eigenvalue weighted by Crippen LogP contribution is 2.27. The van der Waals surface area contributed by atoms with Crippen molar-refractivity contribution in [2.24, 2.45) is 0 Å². The van der Waals surface area contributed by atoms with Gasteiger partial charge in [-0.25, -0.2) is 9.78 Å². The van der Waals surface area contributed by atoms with Crippen LogP contribution in [0.1, 0.15) is 20.9 Å². The fraction of sp³-hybridized carbons (Fsp3) is 0.250. The number of nitrogens with zero attached hydrogens (tertiary/aromatic N) is 1. The lowest BCUT2D eigenvalue weighted by Gasteiger charge is -2.03. The van der Waals surface area contributed by atoms with E-state index in [0.29, 0.717) is 11.7 Å². The van der Waals surface area contributed by atoms with Crippen LogP contribution in [0.4, 0.5) is 5.13 Å². The minimum absolute atomic E-state index is 0.103. The van der Waals surface area contributed by atoms with Crippen LogP contribution >= 0.6 is 22.9 Å². The summed E-state index contributed by atoms with van der Waals surface area (Å²) in [5.74, 6) is -0.521. The molecule has 6 nitrogen and oxygen atoms in total. The molecule has 0 aliphatic rings. The summed E-state index contributed by atoms with van der Waals surface area (Å²) in [6.07, 6.45) is 0. The van der Waals surface area contributed by atoms with Gasteiger partial charge in [-0.2, -0.15) is 0 Å². The first-order valence-corrected chi connectivity index (χ1v) is 6.87. The standard InChI is InChI=1S/C12H12ClN3O3S/c1-6-3-7(4-8(17)15-6)5-14-12-16-10(13)9(20-12)11(18)19-2/h3-4H,5H2,1-2H3,(H,14,16)(H,15,17). The Labute approximate surface area is 123 Å². The molecule has 0 aliphatic heterocycles. The maximum absolute atomic E-state index is 11.4. The molecule has 0 atom stereocenters. The molecule has 2 aromatic rings. The zero-order valence-corrected chi connectivity index (χ0v) is 12.4. The molecule has 2 heterocycles. The number of aryl methyl sites for hydroxylation is 1. The molecule has 0 bridgehead atoms. The molecule has 20 heavy (non-hydrogen) atoms. The summed E-state index contributed by atoms with van der Waals surface area (Å²) in [4.78, 5) is 29.7. The molecule has 0 spiro atoms. The summed E-state index contributed by atoms with van der Waals surface area (Å²) in [7, 11) is 1.28. The van der Waals surface area contributed by atoms with E-state index in [1.165, 1.54) is 13.2 Å². The summed E-state index contributed by atoms with van der Waals surface area (Å²) < 4.78 is 4.60. The van der Waals surface area contributed by atoms with Crippen LogP contribution in [-0.2, 0) is 11.3 Å². The largest absolute Gasteiger partial charge is 0.465 e. The average molecular weight is 314 g/mol. The van der Waals surface area contributed by atoms with Crippen molar-refractivity contribution in [3.8, 4) is 0 Å². The van der Waals surface area contributed by atoms with E-state index in [1.807, 2.05) is 6.07 Å². The molecule has 0 saturated carbocycles. The number of thiazole rings is 1. The Hall–Kier alpha value is -1.86. The van der Waals surface area contributed by atoms with Gasteiger partial charge in [-0.15, -0.1) is 0 Å². The van der Waals surface area contributed by atoms with Gasteiger partial charge in [-0.1, -0.05) is 22.9 Å². The van der Waals surface area contributed by atoms with E-state index in [1.54, 1.807) is 6.92 Å². The summed E-state index contributed by atoms with van der Waals surface area (Å²) in [5.41, 5.74) is 1.44. The van der Waals surface area contributed by atoms with Gasteiger partial charge in [0.05, 0.1) is 7.11 Å². The minimum atomic E-state index is -0.521. The number of methoxy groups -OCH3 is 1. The highest BCUT2D eigenvalue weighted by Gasteiger charge is 2.17. The number of carbonyl (C=O) groups excluding carboxylic acids is 1. The van der Waals surface area contributed by atoms with Crippen LogP contribution < -0.4 is 10.9 Å². The lowest BCUT2D eigenvalue weighted by atomic mass is 10.2. The molecule has 0 unspecified atom stereocenters. The van der Waals surface area contributed by atoms with E-state index in [9.17, 15) is 9.59 Å². The number of hydrogen-bond acceptors (Lipinski definition) is 6. The van der Waals surface area contributed by atoms with Gasteiger partial charge in [0.2, 0.25) is 5.56 Å². The molecule has 2 N–H and O–H groups in total. The van der Waals surface area contributed by atoms with E-state index in [2.05, 4.69) is 20.0 Å². The first kappa shape index (κ1) is 14.5. The first-order chi connectivity index (χ1) is 9.49. The second-order valence-corrected chi connectivity index (χ2v) is 5.38. The number of hydrogen-bond donors (Lipinski definition) is 2. The van der Waals surface area contributed by atoms with E-state index in [0.717, 1.165) is 22.6 Å². The summed E-state index contributed by atoms with van der Waals surface area (Å²) in [5, 5.41) is 3.61. The fourth-order valence-electron chi connectivity index (χ4n) is 1.63. The number of aromatic nitrogens is 2. The summed E-state index contributed by atoms with van der Waals surface area (Å²) >= 11 is 6.96. The zero-order valence-electron chi connectivity index (χ0n) is 10.8. The fourth-order valence-corrected chi connectivity index (χ4v) is 2.73. The molecule has 0 saturated heterocycles. The molecular formula is C12H12ClN3O3S. The van der Waals surface area contributed by atoms with Crippen molar-refractivity contribution in [3.63, 3.8) is 0 Å². The topological polar surface area (TPSA) is 84.1 Å². The third-order valence-corrected chi connectivity index (χ3v) is 3.82. The molecule has 0 fully saturated rings. The van der Waals surface area contributed by atoms with E-state index in [-0.39, 0.29) is 15.6 Å². The first-order valence-electron chi connectivity index (χ1n) is 5.68. The number of halogens is 1. The Bertz CT molecular complexity index is 695. The van der Waals surface area contributed by atoms with Crippen LogP contribution in [0.5, 0.6) is 0 Å². The number of pyridine rings is 1. The van der Waals surface area contributed by atoms with Gasteiger partial charge >= 0.3 is 5.97 Å². The average Bonchev–Trinajstić information content (AvgIpc) is 2.76. The molecule has 0 radical (unpaired) electrons. The quantitative estimate of drug-likeness (QED) is 0.845. The minimum Gasteiger partial charge on any atom is -0.465 e. The molecule has 0 aliphatic carbocycles. The van der Waals surface area contributed by atoms with Crippen LogP contribution in [0.25, 0.3) is 0 Å². The molecule has 0 amide bonds. The third-order valence-electron chi connectivity index (χ3n) is 2.44. The maximum atomic E-state index is 11.4. The molecular weight excluding hydrogens is 302 g/mol. The third kappa shape index (κ3) is 3.37. The number of carbonyl (C=O) groups is 1. The lowest BCUT2D eigenvalue weighted by molar-refractivity contribution is 0.0606. The highest BCUT2D eigenvalue weighted by atomic mass is 35.5. The van der Waals surface area contributed by atoms with Gasteiger partial charge in [-0.3, -0.25) is 4.79 Å². The summed E-state index contributed by atoms with van der Waals surface area (Å²) in [6, 6.07) is 3.35. The molecule has 8 heteroatoms. The van der Waals surface area contributed by atoms with Crippen LogP contribution in [0.2, 0.25) is 5.15 Å². The van der Waals surface area contributed by atoms with Crippen LogP contribution in [0, 0.1) is 6.92 Å². The Balaban J connectivity index is 2.11. The number of ether oxygens (including phenoxy) is 1. The molecule has 2 aromatic heterocycles.